The van der Waals surface area contributed by atoms with Crippen molar-refractivity contribution >= 4 is 21.6 Å². The van der Waals surface area contributed by atoms with Crippen LogP contribution in [0.4, 0.5) is 5.69 Å². The maximum Gasteiger partial charge on any atom is 0.255 e. The van der Waals surface area contributed by atoms with E-state index in [1.54, 1.807) is 0 Å². The fourth-order valence-electron chi connectivity index (χ4n) is 2.23. The zero-order chi connectivity index (χ0) is 18.4. The van der Waals surface area contributed by atoms with Gasteiger partial charge in [0.15, 0.2) is 0 Å². The van der Waals surface area contributed by atoms with Gasteiger partial charge in [0.2, 0.25) is 10.0 Å². The third-order valence-electron chi connectivity index (χ3n) is 4.02. The monoisotopic (exact) mass is 360 g/mol. The Morgan fingerprint density at radius 2 is 1.60 bits per heavy atom. The van der Waals surface area contributed by atoms with Crippen LogP contribution in [0.25, 0.3) is 0 Å². The van der Waals surface area contributed by atoms with Crippen molar-refractivity contribution in [1.82, 2.24) is 4.72 Å². The normalized spacial score (nSPS) is 12.6. The molecule has 1 unspecified atom stereocenters. The third-order valence-corrected chi connectivity index (χ3v) is 5.62. The molecule has 1 atom stereocenters. The Bertz CT molecular complexity index is 813. The van der Waals surface area contributed by atoms with Gasteiger partial charge in [0.25, 0.3) is 5.91 Å². The Morgan fingerprint density at radius 3 is 2.12 bits per heavy atom. The Morgan fingerprint density at radius 1 is 1.00 bits per heavy atom. The maximum absolute atomic E-state index is 12.3. The van der Waals surface area contributed by atoms with Crippen molar-refractivity contribution in [1.29, 1.82) is 0 Å². The summed E-state index contributed by atoms with van der Waals surface area (Å²) in [5, 5.41) is 2.81. The molecule has 0 radical (unpaired) electrons. The predicted octanol–water partition coefficient (Wildman–Crippen LogP) is 3.58. The van der Waals surface area contributed by atoms with Gasteiger partial charge in [-0.05, 0) is 61.7 Å². The van der Waals surface area contributed by atoms with Gasteiger partial charge in [-0.3, -0.25) is 4.79 Å². The molecule has 1 amide bonds. The average Bonchev–Trinajstić information content (AvgIpc) is 2.62. The van der Waals surface area contributed by atoms with Crippen LogP contribution in [0, 0.1) is 0 Å². The van der Waals surface area contributed by atoms with Crippen molar-refractivity contribution in [2.24, 2.45) is 0 Å². The van der Waals surface area contributed by atoms with Crippen LogP contribution in [0.2, 0.25) is 0 Å². The van der Waals surface area contributed by atoms with E-state index in [1.807, 2.05) is 38.1 Å². The fraction of sp³-hybridized carbons (Fsp3) is 0.316. The van der Waals surface area contributed by atoms with Gasteiger partial charge in [0, 0.05) is 17.3 Å². The lowest BCUT2D eigenvalue weighted by atomic mass is 10.1. The van der Waals surface area contributed by atoms with E-state index in [0.717, 1.165) is 6.42 Å². The molecule has 0 spiro atoms. The summed E-state index contributed by atoms with van der Waals surface area (Å²) in [6.45, 7) is 5.79. The standard InChI is InChI=1S/C19H24N2O3S/c1-4-14(3)21-25(23,24)18-12-8-16(9-13-18)19(22)20-17-10-6-15(5-2)7-11-17/h6-14,21H,4-5H2,1-3H3,(H,20,22). The Labute approximate surface area is 149 Å². The van der Waals surface area contributed by atoms with E-state index in [-0.39, 0.29) is 16.8 Å². The zero-order valence-electron chi connectivity index (χ0n) is 14.7. The molecule has 25 heavy (non-hydrogen) atoms. The second-order valence-electron chi connectivity index (χ2n) is 5.96. The number of carbonyl (C=O) groups is 1. The lowest BCUT2D eigenvalue weighted by Crippen LogP contribution is -2.32. The number of benzene rings is 2. The summed E-state index contributed by atoms with van der Waals surface area (Å²) < 4.78 is 27.0. The molecular formula is C19H24N2O3S. The van der Waals surface area contributed by atoms with Gasteiger partial charge >= 0.3 is 0 Å². The molecule has 0 aliphatic carbocycles. The number of sulfonamides is 1. The number of anilines is 1. The minimum absolute atomic E-state index is 0.140. The Kier molecular flexibility index (Phi) is 6.33. The molecule has 0 saturated carbocycles. The molecule has 2 aromatic rings. The minimum Gasteiger partial charge on any atom is -0.322 e. The number of hydrogen-bond donors (Lipinski definition) is 2. The van der Waals surface area contributed by atoms with Gasteiger partial charge in [-0.15, -0.1) is 0 Å². The van der Waals surface area contributed by atoms with Gasteiger partial charge in [-0.25, -0.2) is 13.1 Å². The lowest BCUT2D eigenvalue weighted by molar-refractivity contribution is 0.102. The molecule has 6 heteroatoms. The summed E-state index contributed by atoms with van der Waals surface area (Å²) in [7, 11) is -3.56. The van der Waals surface area contributed by atoms with Gasteiger partial charge < -0.3 is 5.32 Å². The van der Waals surface area contributed by atoms with Crippen molar-refractivity contribution in [3.05, 3.63) is 59.7 Å². The van der Waals surface area contributed by atoms with Crippen molar-refractivity contribution < 1.29 is 13.2 Å². The quantitative estimate of drug-likeness (QED) is 0.792. The highest BCUT2D eigenvalue weighted by atomic mass is 32.2. The molecular weight excluding hydrogens is 336 g/mol. The average molecular weight is 360 g/mol. The number of aryl methyl sites for hydroxylation is 1. The second-order valence-corrected chi connectivity index (χ2v) is 7.67. The van der Waals surface area contributed by atoms with Crippen LogP contribution in [0.5, 0.6) is 0 Å². The highest BCUT2D eigenvalue weighted by Crippen LogP contribution is 2.15. The van der Waals surface area contributed by atoms with Crippen LogP contribution in [0.15, 0.2) is 53.4 Å². The van der Waals surface area contributed by atoms with E-state index in [4.69, 9.17) is 0 Å². The highest BCUT2D eigenvalue weighted by molar-refractivity contribution is 7.89. The summed E-state index contributed by atoms with van der Waals surface area (Å²) in [5.74, 6) is -0.275. The SMILES string of the molecule is CCc1ccc(NC(=O)c2ccc(S(=O)(=O)NC(C)CC)cc2)cc1. The van der Waals surface area contributed by atoms with E-state index in [9.17, 15) is 13.2 Å². The number of rotatable bonds is 7. The molecule has 5 nitrogen and oxygen atoms in total. The van der Waals surface area contributed by atoms with Crippen molar-refractivity contribution in [2.75, 3.05) is 5.32 Å². The van der Waals surface area contributed by atoms with E-state index < -0.39 is 10.0 Å². The topological polar surface area (TPSA) is 75.3 Å². The van der Waals surface area contributed by atoms with E-state index in [1.165, 1.54) is 29.8 Å². The van der Waals surface area contributed by atoms with Crippen LogP contribution in [0.1, 0.15) is 43.1 Å². The molecule has 0 bridgehead atoms. The molecule has 0 aromatic heterocycles. The predicted molar refractivity (Wildman–Crippen MR) is 100 cm³/mol. The fourth-order valence-corrected chi connectivity index (χ4v) is 3.56. The molecule has 0 aliphatic rings. The van der Waals surface area contributed by atoms with E-state index in [2.05, 4.69) is 17.0 Å². The van der Waals surface area contributed by atoms with Crippen molar-refractivity contribution in [2.45, 2.75) is 44.6 Å². The first-order valence-electron chi connectivity index (χ1n) is 8.38. The van der Waals surface area contributed by atoms with Gasteiger partial charge in [0.1, 0.15) is 0 Å². The summed E-state index contributed by atoms with van der Waals surface area (Å²) in [5.41, 5.74) is 2.31. The minimum atomic E-state index is -3.56. The van der Waals surface area contributed by atoms with Crippen LogP contribution in [0.3, 0.4) is 0 Å². The van der Waals surface area contributed by atoms with Crippen molar-refractivity contribution in [3.8, 4) is 0 Å². The molecule has 2 aromatic carbocycles. The molecule has 2 N–H and O–H groups in total. The Hall–Kier alpha value is -2.18. The van der Waals surface area contributed by atoms with E-state index >= 15 is 0 Å². The molecule has 0 heterocycles. The number of carbonyl (C=O) groups excluding carboxylic acids is 1. The van der Waals surface area contributed by atoms with Crippen LogP contribution in [-0.2, 0) is 16.4 Å². The summed E-state index contributed by atoms with van der Waals surface area (Å²) in [6.07, 6.45) is 1.64. The summed E-state index contributed by atoms with van der Waals surface area (Å²) in [6, 6.07) is 13.4. The smallest absolute Gasteiger partial charge is 0.255 e. The summed E-state index contributed by atoms with van der Waals surface area (Å²) >= 11 is 0. The second kappa shape index (κ2) is 8.27. The van der Waals surface area contributed by atoms with Gasteiger partial charge in [-0.1, -0.05) is 26.0 Å². The maximum atomic E-state index is 12.3. The van der Waals surface area contributed by atoms with Gasteiger partial charge in [-0.2, -0.15) is 0 Å². The number of nitrogens with one attached hydrogen (secondary N) is 2. The first-order chi connectivity index (χ1) is 11.9. The molecule has 0 saturated heterocycles. The molecule has 2 rings (SSSR count). The molecule has 0 aliphatic heterocycles. The Balaban J connectivity index is 2.09. The summed E-state index contributed by atoms with van der Waals surface area (Å²) in [4.78, 5) is 12.4. The largest absolute Gasteiger partial charge is 0.322 e. The number of hydrogen-bond acceptors (Lipinski definition) is 3. The van der Waals surface area contributed by atoms with E-state index in [0.29, 0.717) is 17.7 Å². The first kappa shape index (κ1) is 19.1. The van der Waals surface area contributed by atoms with Gasteiger partial charge in [0.05, 0.1) is 4.90 Å². The van der Waals surface area contributed by atoms with Crippen LogP contribution >= 0.6 is 0 Å². The lowest BCUT2D eigenvalue weighted by Gasteiger charge is -2.12. The molecule has 0 fully saturated rings. The first-order valence-corrected chi connectivity index (χ1v) is 9.86. The zero-order valence-corrected chi connectivity index (χ0v) is 15.6. The molecule has 134 valence electrons. The third kappa shape index (κ3) is 5.14. The van der Waals surface area contributed by atoms with Crippen molar-refractivity contribution in [3.63, 3.8) is 0 Å². The number of amides is 1. The van der Waals surface area contributed by atoms with Crippen LogP contribution in [-0.4, -0.2) is 20.4 Å². The highest BCUT2D eigenvalue weighted by Gasteiger charge is 2.17. The van der Waals surface area contributed by atoms with Crippen LogP contribution < -0.4 is 10.0 Å².